The van der Waals surface area contributed by atoms with Gasteiger partial charge in [0.15, 0.2) is 0 Å². The molecule has 6 heteroatoms. The topological polar surface area (TPSA) is 95.6 Å². The predicted molar refractivity (Wildman–Crippen MR) is 83.5 cm³/mol. The van der Waals surface area contributed by atoms with E-state index in [1.54, 1.807) is 12.1 Å². The zero-order valence-corrected chi connectivity index (χ0v) is 13.4. The summed E-state index contributed by atoms with van der Waals surface area (Å²) in [5, 5.41) is 35.6. The van der Waals surface area contributed by atoms with Crippen LogP contribution >= 0.6 is 0 Å². The van der Waals surface area contributed by atoms with Crippen LogP contribution in [0.15, 0.2) is 24.3 Å². The van der Waals surface area contributed by atoms with Crippen LogP contribution in [0.25, 0.3) is 0 Å². The van der Waals surface area contributed by atoms with Gasteiger partial charge in [0, 0.05) is 29.1 Å². The molecular formula is C16H24N2O4. The van der Waals surface area contributed by atoms with E-state index >= 15 is 0 Å². The van der Waals surface area contributed by atoms with Crippen molar-refractivity contribution in [3.63, 3.8) is 0 Å². The molecule has 1 saturated heterocycles. The van der Waals surface area contributed by atoms with Crippen molar-refractivity contribution in [1.82, 2.24) is 5.32 Å². The van der Waals surface area contributed by atoms with Gasteiger partial charge in [-0.25, -0.2) is 0 Å². The summed E-state index contributed by atoms with van der Waals surface area (Å²) in [6.45, 7) is 7.88. The molecule has 1 aromatic rings. The fourth-order valence-corrected chi connectivity index (χ4v) is 3.77. The molecule has 1 aromatic carbocycles. The van der Waals surface area contributed by atoms with Crippen LogP contribution < -0.4 is 5.32 Å². The molecule has 1 heterocycles. The highest BCUT2D eigenvalue weighted by Gasteiger charge is 2.48. The largest absolute Gasteiger partial charge is 0.393 e. The molecule has 122 valence electrons. The van der Waals surface area contributed by atoms with Crippen molar-refractivity contribution >= 4 is 5.69 Å². The van der Waals surface area contributed by atoms with Crippen molar-refractivity contribution in [3.05, 3.63) is 39.9 Å². The maximum Gasteiger partial charge on any atom is 0.269 e. The molecular weight excluding hydrogens is 284 g/mol. The quantitative estimate of drug-likeness (QED) is 0.587. The predicted octanol–water partition coefficient (Wildman–Crippen LogP) is 2.16. The van der Waals surface area contributed by atoms with E-state index in [0.717, 1.165) is 0 Å². The minimum atomic E-state index is -0.978. The first-order valence-electron chi connectivity index (χ1n) is 7.43. The highest BCUT2D eigenvalue weighted by molar-refractivity contribution is 5.36. The molecule has 0 spiro atoms. The number of rotatable bonds is 3. The maximum absolute atomic E-state index is 10.9. The standard InChI is InChI=1S/C16H24N2O4/c1-15(2)9-12(19)13(16(3,4)17-15)14(20)10-6-5-7-11(8-10)18(21)22/h5-8,12-14,17,19-20H,9H2,1-4H3/t12-,13-,14-/m0/s1. The van der Waals surface area contributed by atoms with Crippen LogP contribution in [0.3, 0.4) is 0 Å². The van der Waals surface area contributed by atoms with Crippen molar-refractivity contribution < 1.29 is 15.1 Å². The van der Waals surface area contributed by atoms with Gasteiger partial charge in [0.1, 0.15) is 0 Å². The number of hydrogen-bond acceptors (Lipinski definition) is 5. The minimum absolute atomic E-state index is 0.0621. The Bertz CT molecular complexity index is 571. The van der Waals surface area contributed by atoms with E-state index < -0.39 is 28.6 Å². The molecule has 1 aliphatic heterocycles. The normalized spacial score (nSPS) is 28.1. The summed E-state index contributed by atoms with van der Waals surface area (Å²) in [4.78, 5) is 10.4. The Labute approximate surface area is 130 Å². The summed E-state index contributed by atoms with van der Waals surface area (Å²) in [7, 11) is 0. The molecule has 0 unspecified atom stereocenters. The Balaban J connectivity index is 2.33. The lowest BCUT2D eigenvalue weighted by molar-refractivity contribution is -0.385. The molecule has 0 amide bonds. The maximum atomic E-state index is 10.9. The third-order valence-electron chi connectivity index (χ3n) is 4.39. The van der Waals surface area contributed by atoms with Crippen LogP contribution in [0.5, 0.6) is 0 Å². The molecule has 1 aliphatic rings. The molecule has 2 rings (SSSR count). The van der Waals surface area contributed by atoms with Crippen LogP contribution in [0.4, 0.5) is 5.69 Å². The first-order chi connectivity index (χ1) is 10.0. The number of nitro groups is 1. The third-order valence-corrected chi connectivity index (χ3v) is 4.39. The van der Waals surface area contributed by atoms with Crippen molar-refractivity contribution in [3.8, 4) is 0 Å². The van der Waals surface area contributed by atoms with Gasteiger partial charge in [0.05, 0.1) is 17.1 Å². The fraction of sp³-hybridized carbons (Fsp3) is 0.625. The SMILES string of the molecule is CC1(C)C[C@H](O)[C@@H]([C@@H](O)c2cccc([N+](=O)[O-])c2)C(C)(C)N1. The van der Waals surface area contributed by atoms with Gasteiger partial charge in [-0.2, -0.15) is 0 Å². The summed E-state index contributed by atoms with van der Waals surface area (Å²) in [5.41, 5.74) is -0.353. The van der Waals surface area contributed by atoms with Crippen LogP contribution in [0, 0.1) is 16.0 Å². The highest BCUT2D eigenvalue weighted by atomic mass is 16.6. The molecule has 3 N–H and O–H groups in total. The molecule has 3 atom stereocenters. The minimum Gasteiger partial charge on any atom is -0.393 e. The molecule has 1 fully saturated rings. The van der Waals surface area contributed by atoms with Gasteiger partial charge in [0.2, 0.25) is 0 Å². The number of nitrogens with zero attached hydrogens (tertiary/aromatic N) is 1. The van der Waals surface area contributed by atoms with Crippen molar-refractivity contribution in [2.24, 2.45) is 5.92 Å². The molecule has 0 saturated carbocycles. The first-order valence-corrected chi connectivity index (χ1v) is 7.43. The zero-order valence-electron chi connectivity index (χ0n) is 13.4. The Morgan fingerprint density at radius 3 is 2.55 bits per heavy atom. The average Bonchev–Trinajstić information content (AvgIpc) is 2.35. The lowest BCUT2D eigenvalue weighted by Gasteiger charge is -2.52. The lowest BCUT2D eigenvalue weighted by Crippen LogP contribution is -2.65. The molecule has 0 bridgehead atoms. The number of piperidine rings is 1. The van der Waals surface area contributed by atoms with Crippen LogP contribution in [0.2, 0.25) is 0 Å². The van der Waals surface area contributed by atoms with E-state index in [1.165, 1.54) is 12.1 Å². The highest BCUT2D eigenvalue weighted by Crippen LogP contribution is 2.41. The average molecular weight is 308 g/mol. The smallest absolute Gasteiger partial charge is 0.269 e. The second-order valence-corrected chi connectivity index (χ2v) is 7.32. The van der Waals surface area contributed by atoms with E-state index in [1.807, 2.05) is 27.7 Å². The van der Waals surface area contributed by atoms with Gasteiger partial charge < -0.3 is 15.5 Å². The van der Waals surface area contributed by atoms with Crippen molar-refractivity contribution in [2.75, 3.05) is 0 Å². The zero-order chi connectivity index (χ0) is 16.7. The van der Waals surface area contributed by atoms with Gasteiger partial charge in [-0.05, 0) is 39.7 Å². The molecule has 0 aromatic heterocycles. The molecule has 6 nitrogen and oxygen atoms in total. The second kappa shape index (κ2) is 5.61. The van der Waals surface area contributed by atoms with Crippen LogP contribution in [-0.2, 0) is 0 Å². The van der Waals surface area contributed by atoms with Crippen LogP contribution in [-0.4, -0.2) is 32.3 Å². The summed E-state index contributed by atoms with van der Waals surface area (Å²) < 4.78 is 0. The number of benzene rings is 1. The van der Waals surface area contributed by atoms with Crippen molar-refractivity contribution in [2.45, 2.75) is 57.4 Å². The van der Waals surface area contributed by atoms with Gasteiger partial charge >= 0.3 is 0 Å². The third kappa shape index (κ3) is 3.29. The first kappa shape index (κ1) is 16.9. The Hall–Kier alpha value is -1.50. The number of aliphatic hydroxyl groups is 2. The number of aliphatic hydroxyl groups excluding tert-OH is 2. The Morgan fingerprint density at radius 1 is 1.36 bits per heavy atom. The number of nitro benzene ring substituents is 1. The second-order valence-electron chi connectivity index (χ2n) is 7.32. The Kier molecular flexibility index (Phi) is 4.30. The summed E-state index contributed by atoms with van der Waals surface area (Å²) in [5.74, 6) is -0.456. The number of nitrogens with one attached hydrogen (secondary N) is 1. The van der Waals surface area contributed by atoms with Crippen molar-refractivity contribution in [1.29, 1.82) is 0 Å². The number of non-ortho nitro benzene ring substituents is 1. The van der Waals surface area contributed by atoms with Gasteiger partial charge in [-0.3, -0.25) is 10.1 Å². The van der Waals surface area contributed by atoms with Gasteiger partial charge in [-0.15, -0.1) is 0 Å². The van der Waals surface area contributed by atoms with E-state index in [9.17, 15) is 20.3 Å². The lowest BCUT2D eigenvalue weighted by atomic mass is 9.69. The summed E-state index contributed by atoms with van der Waals surface area (Å²) in [6.07, 6.45) is -1.17. The van der Waals surface area contributed by atoms with E-state index in [2.05, 4.69) is 5.32 Å². The van der Waals surface area contributed by atoms with Gasteiger partial charge in [0.25, 0.3) is 5.69 Å². The summed E-state index contributed by atoms with van der Waals surface area (Å²) in [6, 6.07) is 5.96. The van der Waals surface area contributed by atoms with E-state index in [4.69, 9.17) is 0 Å². The molecule has 0 aliphatic carbocycles. The monoisotopic (exact) mass is 308 g/mol. The fourth-order valence-electron chi connectivity index (χ4n) is 3.77. The molecule has 0 radical (unpaired) electrons. The Morgan fingerprint density at radius 2 is 2.00 bits per heavy atom. The molecule has 22 heavy (non-hydrogen) atoms. The van der Waals surface area contributed by atoms with E-state index in [-0.39, 0.29) is 11.2 Å². The van der Waals surface area contributed by atoms with Crippen LogP contribution in [0.1, 0.15) is 45.8 Å². The van der Waals surface area contributed by atoms with Gasteiger partial charge in [-0.1, -0.05) is 12.1 Å². The number of hydrogen-bond donors (Lipinski definition) is 3. The van der Waals surface area contributed by atoms with E-state index in [0.29, 0.717) is 12.0 Å². The summed E-state index contributed by atoms with van der Waals surface area (Å²) >= 11 is 0.